The van der Waals surface area contributed by atoms with Gasteiger partial charge in [0.2, 0.25) is 5.91 Å². The quantitative estimate of drug-likeness (QED) is 0.602. The standard InChI is InChI=1S/C14H19N3O5/c1-4-16(5-2)13(18)9-15-14(19)10-6-7-12(22-3)11(8-10)17(20)21/h6-8H,4-5,9H2,1-3H3,(H,15,19). The largest absolute Gasteiger partial charge is 0.490 e. The molecule has 8 heteroatoms. The monoisotopic (exact) mass is 309 g/mol. The van der Waals surface area contributed by atoms with Crippen molar-refractivity contribution < 1.29 is 19.2 Å². The Kier molecular flexibility index (Phi) is 6.30. The molecule has 0 saturated carbocycles. The number of nitro benzene ring substituents is 1. The van der Waals surface area contributed by atoms with Crippen molar-refractivity contribution in [2.45, 2.75) is 13.8 Å². The molecule has 0 saturated heterocycles. The molecule has 0 radical (unpaired) electrons. The second kappa shape index (κ2) is 7.96. The number of ether oxygens (including phenoxy) is 1. The van der Waals surface area contributed by atoms with Crippen LogP contribution < -0.4 is 10.1 Å². The third-order valence-corrected chi connectivity index (χ3v) is 3.15. The number of hydrogen-bond acceptors (Lipinski definition) is 5. The first-order valence-electron chi connectivity index (χ1n) is 6.82. The van der Waals surface area contributed by atoms with Crippen LogP contribution in [-0.4, -0.2) is 48.4 Å². The number of nitro groups is 1. The van der Waals surface area contributed by atoms with E-state index in [1.807, 2.05) is 13.8 Å². The summed E-state index contributed by atoms with van der Waals surface area (Å²) >= 11 is 0. The van der Waals surface area contributed by atoms with Crippen molar-refractivity contribution in [1.29, 1.82) is 0 Å². The number of nitrogens with one attached hydrogen (secondary N) is 1. The molecule has 120 valence electrons. The van der Waals surface area contributed by atoms with Crippen LogP contribution in [0.1, 0.15) is 24.2 Å². The maximum atomic E-state index is 12.0. The van der Waals surface area contributed by atoms with Gasteiger partial charge in [0.05, 0.1) is 18.6 Å². The van der Waals surface area contributed by atoms with Crippen molar-refractivity contribution in [3.8, 4) is 5.75 Å². The number of benzene rings is 1. The predicted molar refractivity (Wildman–Crippen MR) is 79.9 cm³/mol. The van der Waals surface area contributed by atoms with Gasteiger partial charge in [0, 0.05) is 24.7 Å². The molecule has 1 aromatic rings. The minimum atomic E-state index is -0.628. The van der Waals surface area contributed by atoms with Crippen LogP contribution >= 0.6 is 0 Å². The summed E-state index contributed by atoms with van der Waals surface area (Å²) in [7, 11) is 1.31. The highest BCUT2D eigenvalue weighted by molar-refractivity contribution is 5.97. The number of likely N-dealkylation sites (N-methyl/N-ethyl adjacent to an activating group) is 1. The summed E-state index contributed by atoms with van der Waals surface area (Å²) in [5.41, 5.74) is -0.204. The molecule has 0 unspecified atom stereocenters. The summed E-state index contributed by atoms with van der Waals surface area (Å²) in [6.07, 6.45) is 0. The molecule has 1 rings (SSSR count). The Morgan fingerprint density at radius 1 is 1.32 bits per heavy atom. The molecule has 0 spiro atoms. The smallest absolute Gasteiger partial charge is 0.311 e. The summed E-state index contributed by atoms with van der Waals surface area (Å²) in [5.74, 6) is -0.687. The zero-order valence-corrected chi connectivity index (χ0v) is 12.8. The van der Waals surface area contributed by atoms with Crippen molar-refractivity contribution in [1.82, 2.24) is 10.2 Å². The lowest BCUT2D eigenvalue weighted by atomic mass is 10.1. The van der Waals surface area contributed by atoms with Gasteiger partial charge in [-0.15, -0.1) is 0 Å². The fraction of sp³-hybridized carbons (Fsp3) is 0.429. The molecule has 1 aromatic carbocycles. The van der Waals surface area contributed by atoms with Crippen molar-refractivity contribution in [2.75, 3.05) is 26.7 Å². The van der Waals surface area contributed by atoms with E-state index < -0.39 is 10.8 Å². The van der Waals surface area contributed by atoms with Crippen molar-refractivity contribution in [3.05, 3.63) is 33.9 Å². The van der Waals surface area contributed by atoms with E-state index >= 15 is 0 Å². The van der Waals surface area contributed by atoms with E-state index in [1.54, 1.807) is 4.90 Å². The van der Waals surface area contributed by atoms with Crippen LogP contribution in [0.4, 0.5) is 5.69 Å². The Balaban J connectivity index is 2.80. The van der Waals surface area contributed by atoms with Crippen LogP contribution in [0.3, 0.4) is 0 Å². The normalized spacial score (nSPS) is 9.95. The average Bonchev–Trinajstić information content (AvgIpc) is 2.52. The van der Waals surface area contributed by atoms with Crippen LogP contribution in [-0.2, 0) is 4.79 Å². The van der Waals surface area contributed by atoms with Gasteiger partial charge < -0.3 is 15.0 Å². The Morgan fingerprint density at radius 3 is 2.45 bits per heavy atom. The summed E-state index contributed by atoms with van der Waals surface area (Å²) in [6, 6.07) is 3.87. The maximum Gasteiger partial charge on any atom is 0.311 e. The molecule has 0 aromatic heterocycles. The Hall–Kier alpha value is -2.64. The highest BCUT2D eigenvalue weighted by Gasteiger charge is 2.19. The minimum Gasteiger partial charge on any atom is -0.490 e. The van der Waals surface area contributed by atoms with Gasteiger partial charge in [0.15, 0.2) is 5.75 Å². The fourth-order valence-electron chi connectivity index (χ4n) is 1.92. The van der Waals surface area contributed by atoms with Crippen LogP contribution in [0.2, 0.25) is 0 Å². The molecule has 0 aliphatic heterocycles. The van der Waals surface area contributed by atoms with Gasteiger partial charge in [-0.1, -0.05) is 0 Å². The predicted octanol–water partition coefficient (Wildman–Crippen LogP) is 1.20. The zero-order chi connectivity index (χ0) is 16.7. The number of carbonyl (C=O) groups excluding carboxylic acids is 2. The number of nitrogens with zero attached hydrogens (tertiary/aromatic N) is 2. The van der Waals surface area contributed by atoms with Gasteiger partial charge in [-0.05, 0) is 26.0 Å². The van der Waals surface area contributed by atoms with Gasteiger partial charge in [-0.2, -0.15) is 0 Å². The average molecular weight is 309 g/mol. The SMILES string of the molecule is CCN(CC)C(=O)CNC(=O)c1ccc(OC)c([N+](=O)[O-])c1. The van der Waals surface area contributed by atoms with E-state index in [1.165, 1.54) is 19.2 Å². The molecule has 1 N–H and O–H groups in total. The Bertz CT molecular complexity index is 570. The number of amides is 2. The van der Waals surface area contributed by atoms with Gasteiger partial charge in [-0.25, -0.2) is 0 Å². The lowest BCUT2D eigenvalue weighted by molar-refractivity contribution is -0.385. The Morgan fingerprint density at radius 2 is 1.95 bits per heavy atom. The third-order valence-electron chi connectivity index (χ3n) is 3.15. The molecular weight excluding hydrogens is 290 g/mol. The van der Waals surface area contributed by atoms with Crippen molar-refractivity contribution in [3.63, 3.8) is 0 Å². The van der Waals surface area contributed by atoms with E-state index in [9.17, 15) is 19.7 Å². The molecule has 0 atom stereocenters. The lowest BCUT2D eigenvalue weighted by Gasteiger charge is -2.18. The fourth-order valence-corrected chi connectivity index (χ4v) is 1.92. The van der Waals surface area contributed by atoms with Gasteiger partial charge in [0.25, 0.3) is 5.91 Å². The molecule has 22 heavy (non-hydrogen) atoms. The van der Waals surface area contributed by atoms with Gasteiger partial charge >= 0.3 is 5.69 Å². The number of hydrogen-bond donors (Lipinski definition) is 1. The first-order valence-corrected chi connectivity index (χ1v) is 6.82. The maximum absolute atomic E-state index is 12.0. The summed E-state index contributed by atoms with van der Waals surface area (Å²) < 4.78 is 4.87. The third kappa shape index (κ3) is 4.18. The number of rotatable bonds is 7. The molecular formula is C14H19N3O5. The van der Waals surface area contributed by atoms with Crippen molar-refractivity contribution in [2.24, 2.45) is 0 Å². The highest BCUT2D eigenvalue weighted by Crippen LogP contribution is 2.27. The molecule has 0 heterocycles. The Labute approximate surface area is 128 Å². The summed E-state index contributed by atoms with van der Waals surface area (Å²) in [6.45, 7) is 4.64. The topological polar surface area (TPSA) is 102 Å². The lowest BCUT2D eigenvalue weighted by Crippen LogP contribution is -2.40. The molecule has 0 fully saturated rings. The second-order valence-electron chi connectivity index (χ2n) is 4.39. The van der Waals surface area contributed by atoms with Gasteiger partial charge in [0.1, 0.15) is 0 Å². The van der Waals surface area contributed by atoms with E-state index in [4.69, 9.17) is 4.74 Å². The second-order valence-corrected chi connectivity index (χ2v) is 4.39. The van der Waals surface area contributed by atoms with Crippen LogP contribution in [0.5, 0.6) is 5.75 Å². The molecule has 0 aliphatic rings. The van der Waals surface area contributed by atoms with E-state index in [0.29, 0.717) is 13.1 Å². The molecule has 8 nitrogen and oxygen atoms in total. The molecule has 2 amide bonds. The van der Waals surface area contributed by atoms with Gasteiger partial charge in [-0.3, -0.25) is 19.7 Å². The minimum absolute atomic E-state index is 0.0702. The molecule has 0 aliphatic carbocycles. The van der Waals surface area contributed by atoms with Crippen LogP contribution in [0, 0.1) is 10.1 Å². The van der Waals surface area contributed by atoms with Crippen molar-refractivity contribution >= 4 is 17.5 Å². The first kappa shape index (κ1) is 17.4. The van der Waals surface area contributed by atoms with Crippen LogP contribution in [0.15, 0.2) is 18.2 Å². The number of carbonyl (C=O) groups is 2. The van der Waals surface area contributed by atoms with E-state index in [2.05, 4.69) is 5.32 Å². The zero-order valence-electron chi connectivity index (χ0n) is 12.8. The molecule has 0 bridgehead atoms. The first-order chi connectivity index (χ1) is 10.4. The number of methoxy groups -OCH3 is 1. The highest BCUT2D eigenvalue weighted by atomic mass is 16.6. The van der Waals surface area contributed by atoms with E-state index in [0.717, 1.165) is 6.07 Å². The van der Waals surface area contributed by atoms with Crippen LogP contribution in [0.25, 0.3) is 0 Å². The summed E-state index contributed by atoms with van der Waals surface area (Å²) in [5, 5.41) is 13.4. The van der Waals surface area contributed by atoms with E-state index in [-0.39, 0.29) is 29.5 Å². The summed E-state index contributed by atoms with van der Waals surface area (Å²) in [4.78, 5) is 35.7.